The summed E-state index contributed by atoms with van der Waals surface area (Å²) in [5.41, 5.74) is 1.29. The van der Waals surface area contributed by atoms with Crippen LogP contribution in [0.3, 0.4) is 0 Å². The molecule has 0 spiro atoms. The number of hydrogen-bond donors (Lipinski definition) is 0. The molecule has 0 rings (SSSR count). The van der Waals surface area contributed by atoms with Crippen LogP contribution in [0.2, 0.25) is 19.6 Å². The van der Waals surface area contributed by atoms with E-state index in [1.54, 1.807) is 0 Å². The standard InChI is InChI=1S/C11H22OSi/c1-8-10(11(2,3)4)9-12-13(5,6)7/h8-9H,1H2,2-7H3/b10-9-. The van der Waals surface area contributed by atoms with Crippen LogP contribution < -0.4 is 0 Å². The third kappa shape index (κ3) is 5.69. The molecule has 0 aromatic carbocycles. The van der Waals surface area contributed by atoms with Crippen LogP contribution in [0.5, 0.6) is 0 Å². The van der Waals surface area contributed by atoms with E-state index in [-0.39, 0.29) is 5.41 Å². The summed E-state index contributed by atoms with van der Waals surface area (Å²) in [6.07, 6.45) is 3.75. The van der Waals surface area contributed by atoms with E-state index in [0.717, 1.165) is 5.57 Å². The first kappa shape index (κ1) is 12.5. The molecule has 0 atom stereocenters. The molecule has 0 aliphatic heterocycles. The maximum absolute atomic E-state index is 5.71. The van der Waals surface area contributed by atoms with E-state index >= 15 is 0 Å². The predicted octanol–water partition coefficient (Wildman–Crippen LogP) is 3.95. The Bertz CT molecular complexity index is 203. The minimum atomic E-state index is -1.44. The molecule has 0 N–H and O–H groups in total. The maximum atomic E-state index is 5.71. The summed E-state index contributed by atoms with van der Waals surface area (Å²) < 4.78 is 5.71. The smallest absolute Gasteiger partial charge is 0.241 e. The van der Waals surface area contributed by atoms with Gasteiger partial charge in [-0.25, -0.2) is 0 Å². The van der Waals surface area contributed by atoms with Gasteiger partial charge in [0.2, 0.25) is 8.32 Å². The topological polar surface area (TPSA) is 9.23 Å². The third-order valence-corrected chi connectivity index (χ3v) is 2.45. The zero-order chi connectivity index (χ0) is 10.7. The van der Waals surface area contributed by atoms with Gasteiger partial charge in [-0.05, 0) is 30.6 Å². The quantitative estimate of drug-likeness (QED) is 0.379. The van der Waals surface area contributed by atoms with E-state index < -0.39 is 8.32 Å². The second kappa shape index (κ2) is 4.14. The first-order valence-corrected chi connectivity index (χ1v) is 8.08. The molecular weight excluding hydrogens is 176 g/mol. The Kier molecular flexibility index (Phi) is 3.98. The molecule has 76 valence electrons. The molecule has 0 saturated heterocycles. The zero-order valence-corrected chi connectivity index (χ0v) is 10.8. The highest BCUT2D eigenvalue weighted by molar-refractivity contribution is 6.69. The van der Waals surface area contributed by atoms with Crippen LogP contribution in [-0.4, -0.2) is 8.32 Å². The summed E-state index contributed by atoms with van der Waals surface area (Å²) >= 11 is 0. The third-order valence-electron chi connectivity index (χ3n) is 1.63. The van der Waals surface area contributed by atoms with Crippen molar-refractivity contribution in [1.82, 2.24) is 0 Å². The van der Waals surface area contributed by atoms with Crippen molar-refractivity contribution in [3.63, 3.8) is 0 Å². The SMILES string of the molecule is C=C/C(=C/O[Si](C)(C)C)C(C)(C)C. The Morgan fingerprint density at radius 2 is 1.69 bits per heavy atom. The Labute approximate surface area is 83.6 Å². The average molecular weight is 198 g/mol. The van der Waals surface area contributed by atoms with Gasteiger partial charge in [0.25, 0.3) is 0 Å². The van der Waals surface area contributed by atoms with Crippen molar-refractivity contribution in [2.75, 3.05) is 0 Å². The number of allylic oxidation sites excluding steroid dienone is 2. The molecule has 0 heterocycles. The second-order valence-corrected chi connectivity index (χ2v) is 9.72. The molecule has 2 heteroatoms. The highest BCUT2D eigenvalue weighted by atomic mass is 28.4. The van der Waals surface area contributed by atoms with Crippen LogP contribution in [0.15, 0.2) is 24.5 Å². The summed E-state index contributed by atoms with van der Waals surface area (Å²) in [6.45, 7) is 16.8. The zero-order valence-electron chi connectivity index (χ0n) is 9.77. The van der Waals surface area contributed by atoms with E-state index in [1.165, 1.54) is 0 Å². The van der Waals surface area contributed by atoms with E-state index in [9.17, 15) is 0 Å². The molecule has 0 aliphatic carbocycles. The summed E-state index contributed by atoms with van der Waals surface area (Å²) in [7, 11) is -1.44. The number of hydrogen-bond acceptors (Lipinski definition) is 1. The van der Waals surface area contributed by atoms with Gasteiger partial charge >= 0.3 is 0 Å². The van der Waals surface area contributed by atoms with E-state index in [2.05, 4.69) is 47.0 Å². The Morgan fingerprint density at radius 1 is 1.23 bits per heavy atom. The lowest BCUT2D eigenvalue weighted by Gasteiger charge is -2.23. The van der Waals surface area contributed by atoms with Crippen molar-refractivity contribution in [2.24, 2.45) is 5.41 Å². The van der Waals surface area contributed by atoms with Gasteiger partial charge in [-0.3, -0.25) is 0 Å². The Hall–Kier alpha value is -0.503. The van der Waals surface area contributed by atoms with Gasteiger partial charge in [0, 0.05) is 0 Å². The van der Waals surface area contributed by atoms with Crippen LogP contribution in [-0.2, 0) is 4.43 Å². The fraction of sp³-hybridized carbons (Fsp3) is 0.636. The average Bonchev–Trinajstić information content (AvgIpc) is 1.82. The number of rotatable bonds is 3. The van der Waals surface area contributed by atoms with Gasteiger partial charge in [0.15, 0.2) is 0 Å². The van der Waals surface area contributed by atoms with Gasteiger partial charge in [0.05, 0.1) is 6.26 Å². The van der Waals surface area contributed by atoms with Crippen LogP contribution >= 0.6 is 0 Å². The van der Waals surface area contributed by atoms with Crippen LogP contribution in [0.4, 0.5) is 0 Å². The first-order valence-electron chi connectivity index (χ1n) is 4.68. The highest BCUT2D eigenvalue weighted by Crippen LogP contribution is 2.26. The van der Waals surface area contributed by atoms with Crippen molar-refractivity contribution in [2.45, 2.75) is 40.4 Å². The molecule has 13 heavy (non-hydrogen) atoms. The lowest BCUT2D eigenvalue weighted by Crippen LogP contribution is -2.23. The molecule has 0 aliphatic rings. The van der Waals surface area contributed by atoms with Crippen molar-refractivity contribution in [1.29, 1.82) is 0 Å². The minimum absolute atomic E-state index is 0.126. The first-order chi connectivity index (χ1) is 5.67. The molecule has 0 radical (unpaired) electrons. The summed E-state index contributed by atoms with van der Waals surface area (Å²) in [4.78, 5) is 0. The lowest BCUT2D eigenvalue weighted by atomic mass is 9.87. The van der Waals surface area contributed by atoms with Crippen LogP contribution in [0.1, 0.15) is 20.8 Å². The maximum Gasteiger partial charge on any atom is 0.241 e. The molecule has 0 amide bonds. The normalized spacial score (nSPS) is 14.2. The summed E-state index contributed by atoms with van der Waals surface area (Å²) in [6, 6.07) is 0. The van der Waals surface area contributed by atoms with Crippen LogP contribution in [0, 0.1) is 5.41 Å². The molecule has 0 saturated carbocycles. The second-order valence-electron chi connectivity index (χ2n) is 5.26. The van der Waals surface area contributed by atoms with Gasteiger partial charge in [-0.15, -0.1) is 0 Å². The summed E-state index contributed by atoms with van der Waals surface area (Å²) in [5, 5.41) is 0. The van der Waals surface area contributed by atoms with Crippen LogP contribution in [0.25, 0.3) is 0 Å². The molecule has 0 aromatic rings. The molecule has 0 unspecified atom stereocenters. The fourth-order valence-corrected chi connectivity index (χ4v) is 1.25. The monoisotopic (exact) mass is 198 g/mol. The molecule has 0 bridgehead atoms. The summed E-state index contributed by atoms with van der Waals surface area (Å²) in [5.74, 6) is 0. The van der Waals surface area contributed by atoms with Crippen molar-refractivity contribution < 1.29 is 4.43 Å². The van der Waals surface area contributed by atoms with E-state index in [1.807, 2.05) is 12.3 Å². The molecule has 1 nitrogen and oxygen atoms in total. The largest absolute Gasteiger partial charge is 0.549 e. The van der Waals surface area contributed by atoms with Gasteiger partial charge in [0.1, 0.15) is 0 Å². The Balaban J connectivity index is 4.52. The molecule has 0 fully saturated rings. The van der Waals surface area contributed by atoms with Gasteiger partial charge in [-0.1, -0.05) is 33.4 Å². The van der Waals surface area contributed by atoms with Crippen molar-refractivity contribution in [3.05, 3.63) is 24.5 Å². The Morgan fingerprint density at radius 3 is 1.92 bits per heavy atom. The molecular formula is C11H22OSi. The minimum Gasteiger partial charge on any atom is -0.549 e. The van der Waals surface area contributed by atoms with Gasteiger partial charge < -0.3 is 4.43 Å². The highest BCUT2D eigenvalue weighted by Gasteiger charge is 2.18. The van der Waals surface area contributed by atoms with E-state index in [4.69, 9.17) is 4.43 Å². The van der Waals surface area contributed by atoms with E-state index in [0.29, 0.717) is 0 Å². The lowest BCUT2D eigenvalue weighted by molar-refractivity contribution is 0.438. The molecule has 0 aromatic heterocycles. The fourth-order valence-electron chi connectivity index (χ4n) is 0.771. The van der Waals surface area contributed by atoms with Crippen molar-refractivity contribution >= 4 is 8.32 Å². The predicted molar refractivity (Wildman–Crippen MR) is 62.2 cm³/mol. The van der Waals surface area contributed by atoms with Crippen molar-refractivity contribution in [3.8, 4) is 0 Å². The van der Waals surface area contributed by atoms with Gasteiger partial charge in [-0.2, -0.15) is 0 Å².